The van der Waals surface area contributed by atoms with Gasteiger partial charge in [0.05, 0.1) is 5.52 Å². The molecule has 0 saturated carbocycles. The SMILES string of the molecule is CC(=O)N1CCN(C(=O)CCCCSc2nnc3c4cc(C)ccc4n(Cc4ccccc4)c3n2)CC1C. The van der Waals surface area contributed by atoms with Crippen LogP contribution in [0.15, 0.2) is 53.7 Å². The Morgan fingerprint density at radius 2 is 1.87 bits per heavy atom. The minimum absolute atomic E-state index is 0.0710. The van der Waals surface area contributed by atoms with Crippen molar-refractivity contribution < 1.29 is 9.59 Å². The number of aryl methyl sites for hydroxylation is 1. The Bertz CT molecular complexity index is 1450. The monoisotopic (exact) mass is 530 g/mol. The van der Waals surface area contributed by atoms with E-state index >= 15 is 0 Å². The molecule has 1 atom stereocenters. The van der Waals surface area contributed by atoms with Crippen molar-refractivity contribution in [3.05, 3.63) is 59.7 Å². The molecule has 1 saturated heterocycles. The van der Waals surface area contributed by atoms with Crippen LogP contribution < -0.4 is 0 Å². The van der Waals surface area contributed by atoms with Crippen LogP contribution in [0.5, 0.6) is 0 Å². The number of hydrogen-bond donors (Lipinski definition) is 0. The van der Waals surface area contributed by atoms with Gasteiger partial charge in [-0.3, -0.25) is 9.59 Å². The summed E-state index contributed by atoms with van der Waals surface area (Å²) in [6.07, 6.45) is 2.24. The number of carbonyl (C=O) groups excluding carboxylic acids is 2. The summed E-state index contributed by atoms with van der Waals surface area (Å²) in [4.78, 5) is 33.0. The summed E-state index contributed by atoms with van der Waals surface area (Å²) < 4.78 is 2.23. The third-order valence-corrected chi connectivity index (χ3v) is 8.11. The molecule has 198 valence electrons. The Morgan fingerprint density at radius 1 is 1.05 bits per heavy atom. The standard InChI is InChI=1S/C29H34N6O2S/c1-20-12-13-25-24(17-20)27-28(35(25)19-23-9-5-4-6-10-23)30-29(32-31-27)38-16-8-7-11-26(37)33-14-15-34(22(3)36)21(2)18-33/h4-6,9-10,12-13,17,21H,7-8,11,14-16,18-19H2,1-3H3. The summed E-state index contributed by atoms with van der Waals surface area (Å²) in [7, 11) is 0. The molecular formula is C29H34N6O2S. The van der Waals surface area contributed by atoms with Gasteiger partial charge in [-0.1, -0.05) is 53.7 Å². The Hall–Kier alpha value is -3.46. The van der Waals surface area contributed by atoms with E-state index in [2.05, 4.69) is 64.2 Å². The summed E-state index contributed by atoms with van der Waals surface area (Å²) >= 11 is 1.59. The summed E-state index contributed by atoms with van der Waals surface area (Å²) in [6, 6.07) is 16.9. The zero-order chi connectivity index (χ0) is 26.6. The molecule has 2 aromatic carbocycles. The van der Waals surface area contributed by atoms with Crippen molar-refractivity contribution in [3.8, 4) is 0 Å². The van der Waals surface area contributed by atoms with Gasteiger partial charge in [0.15, 0.2) is 5.65 Å². The molecule has 8 nitrogen and oxygen atoms in total. The first kappa shape index (κ1) is 26.2. The van der Waals surface area contributed by atoms with Crippen molar-refractivity contribution in [3.63, 3.8) is 0 Å². The van der Waals surface area contributed by atoms with E-state index in [4.69, 9.17) is 4.98 Å². The second kappa shape index (κ2) is 11.5. The first-order valence-corrected chi connectivity index (χ1v) is 14.2. The number of hydrogen-bond acceptors (Lipinski definition) is 6. The van der Waals surface area contributed by atoms with E-state index in [0.717, 1.165) is 40.7 Å². The molecule has 0 bridgehead atoms. The van der Waals surface area contributed by atoms with Crippen LogP contribution in [0.1, 0.15) is 44.2 Å². The molecule has 5 rings (SSSR count). The minimum Gasteiger partial charge on any atom is -0.339 e. The van der Waals surface area contributed by atoms with Crippen molar-refractivity contribution in [2.45, 2.75) is 57.8 Å². The number of nitrogens with zero attached hydrogens (tertiary/aromatic N) is 6. The second-order valence-corrected chi connectivity index (χ2v) is 11.1. The van der Waals surface area contributed by atoms with Gasteiger partial charge in [-0.15, -0.1) is 10.2 Å². The van der Waals surface area contributed by atoms with Gasteiger partial charge in [-0.2, -0.15) is 0 Å². The van der Waals surface area contributed by atoms with Crippen LogP contribution >= 0.6 is 11.8 Å². The maximum atomic E-state index is 12.7. The lowest BCUT2D eigenvalue weighted by atomic mass is 10.1. The molecule has 2 aromatic heterocycles. The number of carbonyl (C=O) groups is 2. The number of fused-ring (bicyclic) bond motifs is 3. The Balaban J connectivity index is 1.21. The van der Waals surface area contributed by atoms with E-state index in [9.17, 15) is 9.59 Å². The van der Waals surface area contributed by atoms with Crippen LogP contribution in [0.2, 0.25) is 0 Å². The fourth-order valence-corrected chi connectivity index (χ4v) is 5.97. The molecule has 0 N–H and O–H groups in total. The Morgan fingerprint density at radius 3 is 2.63 bits per heavy atom. The molecule has 2 amide bonds. The van der Waals surface area contributed by atoms with Gasteiger partial charge in [0.2, 0.25) is 17.0 Å². The number of aromatic nitrogens is 4. The van der Waals surface area contributed by atoms with Crippen molar-refractivity contribution in [2.75, 3.05) is 25.4 Å². The maximum absolute atomic E-state index is 12.7. The number of rotatable bonds is 8. The zero-order valence-electron chi connectivity index (χ0n) is 22.3. The molecule has 4 aromatic rings. The average molecular weight is 531 g/mol. The Labute approximate surface area is 227 Å². The normalized spacial score (nSPS) is 15.9. The lowest BCUT2D eigenvalue weighted by Crippen LogP contribution is -2.54. The number of benzene rings is 2. The van der Waals surface area contributed by atoms with Gasteiger partial charge in [0.25, 0.3) is 0 Å². The average Bonchev–Trinajstić information content (AvgIpc) is 3.20. The molecule has 0 spiro atoms. The Kier molecular flexibility index (Phi) is 7.93. The minimum atomic E-state index is 0.0710. The molecule has 9 heteroatoms. The molecule has 0 aliphatic carbocycles. The third-order valence-electron chi connectivity index (χ3n) is 7.19. The number of thioether (sulfide) groups is 1. The quantitative estimate of drug-likeness (QED) is 0.243. The number of amides is 2. The maximum Gasteiger partial charge on any atom is 0.222 e. The molecular weight excluding hydrogens is 496 g/mol. The van der Waals surface area contributed by atoms with Gasteiger partial charge in [0, 0.05) is 56.7 Å². The van der Waals surface area contributed by atoms with Gasteiger partial charge in [-0.05, 0) is 44.4 Å². The van der Waals surface area contributed by atoms with Crippen molar-refractivity contribution in [2.24, 2.45) is 0 Å². The molecule has 3 heterocycles. The smallest absolute Gasteiger partial charge is 0.222 e. The first-order chi connectivity index (χ1) is 18.4. The van der Waals surface area contributed by atoms with Crippen LogP contribution in [-0.2, 0) is 16.1 Å². The van der Waals surface area contributed by atoms with Crippen molar-refractivity contribution in [1.82, 2.24) is 29.5 Å². The van der Waals surface area contributed by atoms with Crippen LogP contribution in [0.3, 0.4) is 0 Å². The van der Waals surface area contributed by atoms with Crippen LogP contribution in [0.25, 0.3) is 22.1 Å². The molecule has 1 unspecified atom stereocenters. The lowest BCUT2D eigenvalue weighted by molar-refractivity contribution is -0.141. The zero-order valence-corrected chi connectivity index (χ0v) is 23.1. The topological polar surface area (TPSA) is 84.2 Å². The second-order valence-electron chi connectivity index (χ2n) is 10.1. The summed E-state index contributed by atoms with van der Waals surface area (Å²) in [6.45, 7) is 8.24. The van der Waals surface area contributed by atoms with Crippen molar-refractivity contribution >= 4 is 45.6 Å². The number of piperazine rings is 1. The highest BCUT2D eigenvalue weighted by molar-refractivity contribution is 7.99. The summed E-state index contributed by atoms with van der Waals surface area (Å²) in [5.41, 5.74) is 5.17. The highest BCUT2D eigenvalue weighted by Crippen LogP contribution is 2.29. The van der Waals surface area contributed by atoms with Crippen LogP contribution in [-0.4, -0.2) is 72.8 Å². The molecule has 0 radical (unpaired) electrons. The predicted octanol–water partition coefficient (Wildman–Crippen LogP) is 4.68. The van der Waals surface area contributed by atoms with E-state index in [0.29, 0.717) is 37.8 Å². The molecule has 38 heavy (non-hydrogen) atoms. The molecule has 1 aliphatic rings. The number of unbranched alkanes of at least 4 members (excludes halogenated alkanes) is 1. The van der Waals surface area contributed by atoms with E-state index in [-0.39, 0.29) is 17.9 Å². The molecule has 1 aliphatic heterocycles. The highest BCUT2D eigenvalue weighted by atomic mass is 32.2. The largest absolute Gasteiger partial charge is 0.339 e. The third kappa shape index (κ3) is 5.67. The van der Waals surface area contributed by atoms with Crippen LogP contribution in [0.4, 0.5) is 0 Å². The van der Waals surface area contributed by atoms with Gasteiger partial charge < -0.3 is 14.4 Å². The summed E-state index contributed by atoms with van der Waals surface area (Å²) in [5.74, 6) is 1.07. The van der Waals surface area contributed by atoms with E-state index in [1.54, 1.807) is 18.7 Å². The lowest BCUT2D eigenvalue weighted by Gasteiger charge is -2.39. The van der Waals surface area contributed by atoms with Crippen molar-refractivity contribution in [1.29, 1.82) is 0 Å². The fourth-order valence-electron chi connectivity index (χ4n) is 5.19. The first-order valence-electron chi connectivity index (χ1n) is 13.3. The highest BCUT2D eigenvalue weighted by Gasteiger charge is 2.27. The van der Waals surface area contributed by atoms with Gasteiger partial charge in [-0.25, -0.2) is 4.98 Å². The van der Waals surface area contributed by atoms with Gasteiger partial charge in [0.1, 0.15) is 5.52 Å². The fraction of sp³-hybridized carbons (Fsp3) is 0.414. The van der Waals surface area contributed by atoms with Gasteiger partial charge >= 0.3 is 0 Å². The van der Waals surface area contributed by atoms with Crippen LogP contribution in [0, 0.1) is 6.92 Å². The van der Waals surface area contributed by atoms with E-state index in [1.165, 1.54) is 11.1 Å². The van der Waals surface area contributed by atoms with E-state index < -0.39 is 0 Å². The van der Waals surface area contributed by atoms with E-state index in [1.807, 2.05) is 22.8 Å². The predicted molar refractivity (Wildman–Crippen MR) is 151 cm³/mol. The molecule has 1 fully saturated rings. The summed E-state index contributed by atoms with van der Waals surface area (Å²) in [5, 5.41) is 10.7.